The Balaban J connectivity index is 1.98. The van der Waals surface area contributed by atoms with Gasteiger partial charge in [-0.25, -0.2) is 4.98 Å². The first-order valence-corrected chi connectivity index (χ1v) is 9.19. The van der Waals surface area contributed by atoms with Gasteiger partial charge in [-0.15, -0.1) is 11.3 Å². The van der Waals surface area contributed by atoms with E-state index in [0.29, 0.717) is 24.7 Å². The number of anilines is 1. The smallest absolute Gasteiger partial charge is 0.247 e. The lowest BCUT2D eigenvalue weighted by Crippen LogP contribution is -2.38. The molecule has 0 saturated carbocycles. The quantitative estimate of drug-likeness (QED) is 0.542. The Morgan fingerprint density at radius 3 is 2.73 bits per heavy atom. The van der Waals surface area contributed by atoms with Crippen LogP contribution >= 0.6 is 11.3 Å². The third kappa shape index (κ3) is 6.78. The summed E-state index contributed by atoms with van der Waals surface area (Å²) in [7, 11) is 1.61. The minimum atomic E-state index is -0.266. The molecule has 0 aliphatic carbocycles. The van der Waals surface area contributed by atoms with Crippen molar-refractivity contribution in [3.05, 3.63) is 53.0 Å². The van der Waals surface area contributed by atoms with Gasteiger partial charge in [-0.1, -0.05) is 30.3 Å². The Kier molecular flexibility index (Phi) is 7.98. The number of aryl methyl sites for hydroxylation is 1. The molecule has 0 radical (unpaired) electrons. The van der Waals surface area contributed by atoms with E-state index in [2.05, 4.69) is 10.3 Å². The van der Waals surface area contributed by atoms with E-state index in [1.165, 1.54) is 22.3 Å². The highest BCUT2D eigenvalue weighted by Crippen LogP contribution is 2.14. The third-order valence-corrected chi connectivity index (χ3v) is 4.38. The molecular weight excluding hydrogens is 350 g/mol. The predicted octanol–water partition coefficient (Wildman–Crippen LogP) is 2.97. The molecule has 1 N–H and O–H groups in total. The van der Waals surface area contributed by atoms with Crippen molar-refractivity contribution < 1.29 is 14.3 Å². The van der Waals surface area contributed by atoms with Crippen LogP contribution in [0.25, 0.3) is 6.08 Å². The topological polar surface area (TPSA) is 71.5 Å². The van der Waals surface area contributed by atoms with Crippen molar-refractivity contribution in [2.45, 2.75) is 13.3 Å². The van der Waals surface area contributed by atoms with Crippen molar-refractivity contribution in [1.82, 2.24) is 9.88 Å². The van der Waals surface area contributed by atoms with Crippen molar-refractivity contribution in [3.63, 3.8) is 0 Å². The summed E-state index contributed by atoms with van der Waals surface area (Å²) < 4.78 is 5.04. The van der Waals surface area contributed by atoms with Crippen molar-refractivity contribution in [2.24, 2.45) is 0 Å². The Hall–Kier alpha value is -2.51. The van der Waals surface area contributed by atoms with E-state index in [1.54, 1.807) is 13.2 Å². The predicted molar refractivity (Wildman–Crippen MR) is 104 cm³/mol. The monoisotopic (exact) mass is 373 g/mol. The molecule has 0 unspecified atom stereocenters. The molecule has 0 aliphatic rings. The summed E-state index contributed by atoms with van der Waals surface area (Å²) >= 11 is 1.36. The average Bonchev–Trinajstić information content (AvgIpc) is 3.04. The van der Waals surface area contributed by atoms with Gasteiger partial charge in [-0.2, -0.15) is 0 Å². The van der Waals surface area contributed by atoms with Crippen molar-refractivity contribution in [3.8, 4) is 0 Å². The number of thiazole rings is 1. The van der Waals surface area contributed by atoms with Crippen LogP contribution in [0.3, 0.4) is 0 Å². The lowest BCUT2D eigenvalue weighted by molar-refractivity contribution is -0.130. The van der Waals surface area contributed by atoms with Gasteiger partial charge in [0.2, 0.25) is 11.8 Å². The number of benzene rings is 1. The van der Waals surface area contributed by atoms with Gasteiger partial charge >= 0.3 is 0 Å². The Bertz CT molecular complexity index is 743. The van der Waals surface area contributed by atoms with E-state index in [9.17, 15) is 9.59 Å². The molecule has 0 saturated heterocycles. The largest absolute Gasteiger partial charge is 0.385 e. The average molecular weight is 373 g/mol. The van der Waals surface area contributed by atoms with Crippen molar-refractivity contribution >= 4 is 34.4 Å². The van der Waals surface area contributed by atoms with Crippen LogP contribution in [0.5, 0.6) is 0 Å². The number of hydrogen-bond acceptors (Lipinski definition) is 5. The number of amides is 2. The van der Waals surface area contributed by atoms with E-state index in [1.807, 2.05) is 42.6 Å². The van der Waals surface area contributed by atoms with Crippen LogP contribution in [0.1, 0.15) is 17.7 Å². The second-order valence-corrected chi connectivity index (χ2v) is 6.55. The second kappa shape index (κ2) is 10.5. The van der Waals surface area contributed by atoms with Crippen LogP contribution in [0.4, 0.5) is 5.13 Å². The van der Waals surface area contributed by atoms with Gasteiger partial charge < -0.3 is 15.0 Å². The van der Waals surface area contributed by atoms with Gasteiger partial charge in [0.05, 0.1) is 5.69 Å². The maximum atomic E-state index is 12.5. The number of ether oxygens (including phenoxy) is 1. The maximum Gasteiger partial charge on any atom is 0.247 e. The SMILES string of the molecule is COCCCN(CC(=O)Nc1nc(C)cs1)C(=O)/C=C/c1ccccc1. The van der Waals surface area contributed by atoms with E-state index < -0.39 is 0 Å². The van der Waals surface area contributed by atoms with Gasteiger partial charge in [0.15, 0.2) is 5.13 Å². The molecule has 0 aliphatic heterocycles. The van der Waals surface area contributed by atoms with Crippen molar-refractivity contribution in [1.29, 1.82) is 0 Å². The van der Waals surface area contributed by atoms with Crippen LogP contribution in [0.15, 0.2) is 41.8 Å². The normalized spacial score (nSPS) is 10.8. The van der Waals surface area contributed by atoms with Crippen LogP contribution in [0.2, 0.25) is 0 Å². The summed E-state index contributed by atoms with van der Waals surface area (Å²) in [6, 6.07) is 9.56. The number of methoxy groups -OCH3 is 1. The minimum Gasteiger partial charge on any atom is -0.385 e. The number of nitrogens with one attached hydrogen (secondary N) is 1. The van der Waals surface area contributed by atoms with Crippen molar-refractivity contribution in [2.75, 3.05) is 32.1 Å². The number of hydrogen-bond donors (Lipinski definition) is 1. The molecule has 6 nitrogen and oxygen atoms in total. The molecule has 2 rings (SSSR count). The zero-order chi connectivity index (χ0) is 18.8. The summed E-state index contributed by atoms with van der Waals surface area (Å²) in [5, 5.41) is 5.13. The second-order valence-electron chi connectivity index (χ2n) is 5.69. The molecule has 1 aromatic carbocycles. The molecule has 0 fully saturated rings. The summed E-state index contributed by atoms with van der Waals surface area (Å²) in [6.45, 7) is 2.80. The Morgan fingerprint density at radius 1 is 1.31 bits per heavy atom. The summed E-state index contributed by atoms with van der Waals surface area (Å²) in [4.78, 5) is 30.5. The molecule has 26 heavy (non-hydrogen) atoms. The van der Waals surface area contributed by atoms with E-state index >= 15 is 0 Å². The summed E-state index contributed by atoms with van der Waals surface area (Å²) in [5.74, 6) is -0.478. The van der Waals surface area contributed by atoms with Gasteiger partial charge in [0, 0.05) is 31.7 Å². The Morgan fingerprint density at radius 2 is 2.08 bits per heavy atom. The van der Waals surface area contributed by atoms with E-state index in [-0.39, 0.29) is 18.4 Å². The molecule has 138 valence electrons. The lowest BCUT2D eigenvalue weighted by atomic mass is 10.2. The maximum absolute atomic E-state index is 12.5. The molecule has 0 bridgehead atoms. The first-order valence-electron chi connectivity index (χ1n) is 8.31. The van der Waals surface area contributed by atoms with Gasteiger partial charge in [0.25, 0.3) is 0 Å². The fourth-order valence-electron chi connectivity index (χ4n) is 2.25. The summed E-state index contributed by atoms with van der Waals surface area (Å²) in [5.41, 5.74) is 1.78. The van der Waals surface area contributed by atoms with Crippen LogP contribution in [-0.4, -0.2) is 48.5 Å². The number of carbonyl (C=O) groups is 2. The molecule has 0 atom stereocenters. The minimum absolute atomic E-state index is 0.0275. The van der Waals surface area contributed by atoms with Crippen LogP contribution in [-0.2, 0) is 14.3 Å². The molecular formula is C19H23N3O3S. The molecule has 7 heteroatoms. The van der Waals surface area contributed by atoms with E-state index in [4.69, 9.17) is 4.74 Å². The highest BCUT2D eigenvalue weighted by atomic mass is 32.1. The number of nitrogens with zero attached hydrogens (tertiary/aromatic N) is 2. The lowest BCUT2D eigenvalue weighted by Gasteiger charge is -2.20. The first-order chi connectivity index (χ1) is 12.6. The highest BCUT2D eigenvalue weighted by molar-refractivity contribution is 7.13. The summed E-state index contributed by atoms with van der Waals surface area (Å²) in [6.07, 6.45) is 3.89. The number of rotatable bonds is 9. The molecule has 2 amide bonds. The standard InChI is InChI=1S/C19H23N3O3S/c1-15-14-26-19(20-15)21-17(23)13-22(11-6-12-25-2)18(24)10-9-16-7-4-3-5-8-16/h3-5,7-10,14H,6,11-13H2,1-2H3,(H,20,21,23)/b10-9+. The first kappa shape index (κ1) is 19.8. The molecule has 0 spiro atoms. The fraction of sp³-hybridized carbons (Fsp3) is 0.316. The molecule has 2 aromatic rings. The number of carbonyl (C=O) groups excluding carboxylic acids is 2. The van der Waals surface area contributed by atoms with Crippen LogP contribution < -0.4 is 5.32 Å². The van der Waals surface area contributed by atoms with E-state index in [0.717, 1.165) is 11.3 Å². The van der Waals surface area contributed by atoms with Gasteiger partial charge in [-0.05, 0) is 25.0 Å². The fourth-order valence-corrected chi connectivity index (χ4v) is 2.95. The third-order valence-electron chi connectivity index (χ3n) is 3.51. The van der Waals surface area contributed by atoms with Gasteiger partial charge in [-0.3, -0.25) is 9.59 Å². The zero-order valence-electron chi connectivity index (χ0n) is 15.0. The zero-order valence-corrected chi connectivity index (χ0v) is 15.8. The number of aromatic nitrogens is 1. The molecule has 1 heterocycles. The Labute approximate surface area is 157 Å². The van der Waals surface area contributed by atoms with Gasteiger partial charge in [0.1, 0.15) is 6.54 Å². The molecule has 1 aromatic heterocycles. The highest BCUT2D eigenvalue weighted by Gasteiger charge is 2.16. The van der Waals surface area contributed by atoms with Crippen LogP contribution in [0, 0.1) is 6.92 Å².